The van der Waals surface area contributed by atoms with Crippen LogP contribution in [0.5, 0.6) is 5.88 Å². The van der Waals surface area contributed by atoms with E-state index in [1.807, 2.05) is 0 Å². The van der Waals surface area contributed by atoms with Gasteiger partial charge >= 0.3 is 15.6 Å². The lowest BCUT2D eigenvalue weighted by molar-refractivity contribution is -0.0501. The highest BCUT2D eigenvalue weighted by Crippen LogP contribution is 2.34. The Balaban J connectivity index is 2.34. The molecule has 0 atom stereocenters. The first kappa shape index (κ1) is 14.8. The van der Waals surface area contributed by atoms with Gasteiger partial charge in [-0.15, -0.1) is 11.3 Å². The van der Waals surface area contributed by atoms with Gasteiger partial charge in [0.05, 0.1) is 4.88 Å². The Bertz CT molecular complexity index is 733. The van der Waals surface area contributed by atoms with Crippen LogP contribution >= 0.6 is 11.3 Å². The topological polar surface area (TPSA) is 74.1 Å². The maximum Gasteiger partial charge on any atom is 0.534 e. The summed E-state index contributed by atoms with van der Waals surface area (Å²) >= 11 is 0.988. The molecule has 0 radical (unpaired) electrons. The van der Waals surface area contributed by atoms with Crippen molar-refractivity contribution >= 4 is 21.5 Å². The molecular weight excluding hydrogens is 319 g/mol. The van der Waals surface area contributed by atoms with E-state index >= 15 is 0 Å². The molecule has 2 aromatic rings. The molecular formula is C9H8F3N3O3S2. The number of halogens is 3. The molecule has 2 rings (SSSR count). The lowest BCUT2D eigenvalue weighted by Gasteiger charge is -2.07. The molecule has 6 nitrogen and oxygen atoms in total. The number of nitrogens with zero attached hydrogens (tertiary/aromatic N) is 3. The van der Waals surface area contributed by atoms with Crippen LogP contribution < -0.4 is 4.18 Å². The Morgan fingerprint density at radius 3 is 2.55 bits per heavy atom. The SMILES string of the molecule is Cc1sc(-c2ccn(C)n2)nc1OS(=O)(=O)C(F)(F)F. The number of hydrogen-bond donors (Lipinski definition) is 0. The van der Waals surface area contributed by atoms with Crippen LogP contribution in [-0.4, -0.2) is 28.7 Å². The summed E-state index contributed by atoms with van der Waals surface area (Å²) in [7, 11) is -4.06. The van der Waals surface area contributed by atoms with E-state index in [0.29, 0.717) is 5.69 Å². The molecule has 2 heterocycles. The largest absolute Gasteiger partial charge is 0.534 e. The first-order valence-corrected chi connectivity index (χ1v) is 7.31. The molecule has 0 aromatic carbocycles. The summed E-state index contributed by atoms with van der Waals surface area (Å²) in [6.07, 6.45) is 1.62. The zero-order valence-electron chi connectivity index (χ0n) is 10.2. The van der Waals surface area contributed by atoms with E-state index in [4.69, 9.17) is 0 Å². The minimum Gasteiger partial charge on any atom is -0.354 e. The molecule has 0 fully saturated rings. The van der Waals surface area contributed by atoms with E-state index in [1.165, 1.54) is 11.6 Å². The lowest BCUT2D eigenvalue weighted by atomic mass is 10.5. The van der Waals surface area contributed by atoms with Crippen LogP contribution in [0.3, 0.4) is 0 Å². The van der Waals surface area contributed by atoms with Crippen molar-refractivity contribution in [3.63, 3.8) is 0 Å². The normalized spacial score (nSPS) is 12.7. The number of rotatable bonds is 3. The Labute approximate surface area is 115 Å². The van der Waals surface area contributed by atoms with Crippen molar-refractivity contribution in [2.45, 2.75) is 12.4 Å². The molecule has 11 heteroatoms. The molecule has 0 aliphatic carbocycles. The molecule has 0 saturated heterocycles. The van der Waals surface area contributed by atoms with Crippen LogP contribution in [-0.2, 0) is 17.2 Å². The van der Waals surface area contributed by atoms with Gasteiger partial charge in [-0.25, -0.2) is 0 Å². The third kappa shape index (κ3) is 2.77. The Morgan fingerprint density at radius 2 is 2.05 bits per heavy atom. The van der Waals surface area contributed by atoms with Gasteiger partial charge in [0.15, 0.2) is 0 Å². The van der Waals surface area contributed by atoms with Gasteiger partial charge in [-0.2, -0.15) is 31.7 Å². The molecule has 0 bridgehead atoms. The summed E-state index contributed by atoms with van der Waals surface area (Å²) in [6, 6.07) is 1.60. The Morgan fingerprint density at radius 1 is 1.40 bits per heavy atom. The van der Waals surface area contributed by atoms with Gasteiger partial charge in [0.2, 0.25) is 5.88 Å². The molecule has 0 spiro atoms. The number of aryl methyl sites for hydroxylation is 2. The monoisotopic (exact) mass is 327 g/mol. The number of thiazole rings is 1. The minimum absolute atomic E-state index is 0.207. The summed E-state index contributed by atoms with van der Waals surface area (Å²) in [5.74, 6) is -0.590. The number of hydrogen-bond acceptors (Lipinski definition) is 6. The van der Waals surface area contributed by atoms with Gasteiger partial charge < -0.3 is 4.18 Å². The van der Waals surface area contributed by atoms with Gasteiger partial charge in [0, 0.05) is 13.2 Å². The van der Waals surface area contributed by atoms with Gasteiger partial charge in [-0.3, -0.25) is 4.68 Å². The van der Waals surface area contributed by atoms with E-state index < -0.39 is 21.5 Å². The maximum atomic E-state index is 12.2. The fraction of sp³-hybridized carbons (Fsp3) is 0.333. The highest BCUT2D eigenvalue weighted by atomic mass is 32.2. The van der Waals surface area contributed by atoms with E-state index in [9.17, 15) is 21.6 Å². The van der Waals surface area contributed by atoms with Crippen LogP contribution in [0, 0.1) is 6.92 Å². The molecule has 0 unspecified atom stereocenters. The quantitative estimate of drug-likeness (QED) is 0.637. The van der Waals surface area contributed by atoms with Crippen molar-refractivity contribution in [1.29, 1.82) is 0 Å². The second-order valence-corrected chi connectivity index (χ2v) is 6.48. The molecule has 20 heavy (non-hydrogen) atoms. The van der Waals surface area contributed by atoms with Gasteiger partial charge in [0.1, 0.15) is 10.7 Å². The Hall–Kier alpha value is -1.62. The van der Waals surface area contributed by atoms with Crippen molar-refractivity contribution in [1.82, 2.24) is 14.8 Å². The molecule has 0 amide bonds. The summed E-state index contributed by atoms with van der Waals surface area (Å²) < 4.78 is 64.0. The molecule has 0 saturated carbocycles. The third-order valence-electron chi connectivity index (χ3n) is 2.16. The highest BCUT2D eigenvalue weighted by Gasteiger charge is 2.49. The summed E-state index contributed by atoms with van der Waals surface area (Å²) in [4.78, 5) is 3.94. The summed E-state index contributed by atoms with van der Waals surface area (Å²) in [6.45, 7) is 1.41. The molecule has 2 aromatic heterocycles. The van der Waals surface area contributed by atoms with Crippen LogP contribution in [0.4, 0.5) is 13.2 Å². The standard InChI is InChI=1S/C9H8F3N3O3S2/c1-5-7(18-20(16,17)9(10,11)12)13-8(19-5)6-3-4-15(2)14-6/h3-4H,1-2H3. The smallest absolute Gasteiger partial charge is 0.354 e. The first-order chi connectivity index (χ1) is 9.10. The predicted octanol–water partition coefficient (Wildman–Crippen LogP) is 2.08. The van der Waals surface area contributed by atoms with Crippen molar-refractivity contribution in [3.8, 4) is 16.6 Å². The van der Waals surface area contributed by atoms with Gasteiger partial charge in [0.25, 0.3) is 0 Å². The predicted molar refractivity (Wildman–Crippen MR) is 64.7 cm³/mol. The number of alkyl halides is 3. The summed E-state index contributed by atoms with van der Waals surface area (Å²) in [5, 5.41) is 4.29. The first-order valence-electron chi connectivity index (χ1n) is 5.08. The Kier molecular flexibility index (Phi) is 3.50. The van der Waals surface area contributed by atoms with E-state index in [2.05, 4.69) is 14.3 Å². The average molecular weight is 327 g/mol. The average Bonchev–Trinajstić information content (AvgIpc) is 2.84. The van der Waals surface area contributed by atoms with E-state index in [1.54, 1.807) is 19.3 Å². The highest BCUT2D eigenvalue weighted by molar-refractivity contribution is 7.88. The molecule has 0 aliphatic heterocycles. The minimum atomic E-state index is -5.72. The second kappa shape index (κ2) is 4.74. The van der Waals surface area contributed by atoms with Crippen LogP contribution in [0.2, 0.25) is 0 Å². The summed E-state index contributed by atoms with van der Waals surface area (Å²) in [5.41, 5.74) is -5.08. The zero-order valence-corrected chi connectivity index (χ0v) is 11.8. The van der Waals surface area contributed by atoms with Crippen molar-refractivity contribution < 1.29 is 25.8 Å². The van der Waals surface area contributed by atoms with Crippen LogP contribution in [0.25, 0.3) is 10.7 Å². The van der Waals surface area contributed by atoms with Crippen molar-refractivity contribution in [2.75, 3.05) is 0 Å². The van der Waals surface area contributed by atoms with Gasteiger partial charge in [-0.1, -0.05) is 0 Å². The maximum absolute atomic E-state index is 12.2. The lowest BCUT2D eigenvalue weighted by Crippen LogP contribution is -2.28. The number of aromatic nitrogens is 3. The third-order valence-corrected chi connectivity index (χ3v) is 4.08. The fourth-order valence-electron chi connectivity index (χ4n) is 1.25. The molecule has 0 aliphatic rings. The fourth-order valence-corrected chi connectivity index (χ4v) is 2.57. The van der Waals surface area contributed by atoms with Gasteiger partial charge in [-0.05, 0) is 13.0 Å². The zero-order chi connectivity index (χ0) is 15.1. The van der Waals surface area contributed by atoms with Crippen LogP contribution in [0.15, 0.2) is 12.3 Å². The van der Waals surface area contributed by atoms with E-state index in [0.717, 1.165) is 11.3 Å². The van der Waals surface area contributed by atoms with Crippen molar-refractivity contribution in [2.24, 2.45) is 7.05 Å². The van der Waals surface area contributed by atoms with Crippen LogP contribution in [0.1, 0.15) is 4.88 Å². The molecule has 110 valence electrons. The molecule has 0 N–H and O–H groups in total. The van der Waals surface area contributed by atoms with E-state index in [-0.39, 0.29) is 9.88 Å². The second-order valence-electron chi connectivity index (χ2n) is 3.74. The van der Waals surface area contributed by atoms with Crippen molar-refractivity contribution in [3.05, 3.63) is 17.1 Å².